The highest BCUT2D eigenvalue weighted by atomic mass is 19.4. The molecule has 2 atom stereocenters. The van der Waals surface area contributed by atoms with Crippen LogP contribution in [-0.4, -0.2) is 84.1 Å². The lowest BCUT2D eigenvalue weighted by atomic mass is 9.93. The third-order valence-corrected chi connectivity index (χ3v) is 6.58. The molecule has 1 saturated heterocycles. The van der Waals surface area contributed by atoms with Crippen molar-refractivity contribution in [3.05, 3.63) is 46.7 Å². The van der Waals surface area contributed by atoms with Crippen molar-refractivity contribution >= 4 is 18.0 Å². The minimum Gasteiger partial charge on any atom is -0.463 e. The number of alkyl halides is 3. The van der Waals surface area contributed by atoms with Gasteiger partial charge in [-0.25, -0.2) is 14.4 Å². The number of carbonyl (C=O) groups excluding carboxylic acids is 3. The van der Waals surface area contributed by atoms with Gasteiger partial charge in [0.2, 0.25) is 0 Å². The van der Waals surface area contributed by atoms with E-state index in [2.05, 4.69) is 15.5 Å². The number of nitrogens with one attached hydrogen (secondary N) is 2. The summed E-state index contributed by atoms with van der Waals surface area (Å²) >= 11 is 0. The fourth-order valence-corrected chi connectivity index (χ4v) is 4.79. The first-order chi connectivity index (χ1) is 17.9. The summed E-state index contributed by atoms with van der Waals surface area (Å²) in [4.78, 5) is 44.1. The average Bonchev–Trinajstić information content (AvgIpc) is 2.83. The van der Waals surface area contributed by atoms with Gasteiger partial charge in [0.1, 0.15) is 0 Å². The zero-order chi connectivity index (χ0) is 28.2. The topological polar surface area (TPSA) is 94.2 Å². The van der Waals surface area contributed by atoms with Crippen molar-refractivity contribution in [2.24, 2.45) is 0 Å². The van der Waals surface area contributed by atoms with Crippen LogP contribution in [0.15, 0.2) is 35.5 Å². The average molecular weight is 540 g/mol. The number of rotatable bonds is 7. The van der Waals surface area contributed by atoms with Gasteiger partial charge in [-0.1, -0.05) is 12.1 Å². The number of ether oxygens (including phenoxy) is 1. The lowest BCUT2D eigenvalue weighted by molar-refractivity contribution is -0.139. The van der Waals surface area contributed by atoms with Gasteiger partial charge < -0.3 is 20.3 Å². The number of likely N-dealkylation sites (N-methyl/N-ethyl adjacent to an activating group) is 1. The molecule has 1 aromatic rings. The number of halogens is 3. The quantitative estimate of drug-likeness (QED) is 0.515. The van der Waals surface area contributed by atoms with E-state index in [0.29, 0.717) is 30.9 Å². The zero-order valence-electron chi connectivity index (χ0n) is 22.4. The number of benzene rings is 1. The normalized spacial score (nSPS) is 21.0. The highest BCUT2D eigenvalue weighted by molar-refractivity contribution is 5.95. The van der Waals surface area contributed by atoms with Gasteiger partial charge in [-0.3, -0.25) is 9.80 Å². The number of amides is 4. The molecule has 0 bridgehead atoms. The largest absolute Gasteiger partial charge is 0.463 e. The minimum atomic E-state index is -4.51. The molecule has 38 heavy (non-hydrogen) atoms. The van der Waals surface area contributed by atoms with Gasteiger partial charge in [-0.15, -0.1) is 0 Å². The third kappa shape index (κ3) is 6.58. The molecule has 12 heteroatoms. The SMILES string of the molecule is CCOC(=O)C1=C(CN2CCN(C(=O)NC(C)C)[C@H](C)C2)N(CC)C(=O)N[C@H]1c1ccc(C(F)(F)F)cc1. The maximum atomic E-state index is 13.2. The van der Waals surface area contributed by atoms with Crippen molar-refractivity contribution in [2.75, 3.05) is 39.3 Å². The first-order valence-corrected chi connectivity index (χ1v) is 12.8. The second kappa shape index (κ2) is 12.1. The first-order valence-electron chi connectivity index (χ1n) is 12.8. The Bertz CT molecular complexity index is 1060. The Labute approximate surface area is 221 Å². The van der Waals surface area contributed by atoms with Crippen molar-refractivity contribution in [3.63, 3.8) is 0 Å². The Balaban J connectivity index is 1.96. The van der Waals surface area contributed by atoms with E-state index >= 15 is 0 Å². The van der Waals surface area contributed by atoms with Gasteiger partial charge >= 0.3 is 24.2 Å². The maximum Gasteiger partial charge on any atom is 0.416 e. The Morgan fingerprint density at radius 1 is 1.16 bits per heavy atom. The molecule has 3 rings (SSSR count). The number of esters is 1. The van der Waals surface area contributed by atoms with Gasteiger partial charge in [0.15, 0.2) is 0 Å². The van der Waals surface area contributed by atoms with Crippen LogP contribution in [0.4, 0.5) is 22.8 Å². The molecule has 1 fully saturated rings. The molecular formula is C26H36F3N5O4. The predicted octanol–water partition coefficient (Wildman–Crippen LogP) is 3.73. The van der Waals surface area contributed by atoms with Crippen molar-refractivity contribution in [3.8, 4) is 0 Å². The number of urea groups is 2. The smallest absolute Gasteiger partial charge is 0.416 e. The molecule has 4 amide bonds. The van der Waals surface area contributed by atoms with Gasteiger partial charge in [-0.05, 0) is 52.3 Å². The molecule has 0 aromatic heterocycles. The van der Waals surface area contributed by atoms with E-state index in [0.717, 1.165) is 12.1 Å². The van der Waals surface area contributed by atoms with E-state index in [1.807, 2.05) is 20.8 Å². The first kappa shape index (κ1) is 29.3. The number of piperazine rings is 1. The molecule has 9 nitrogen and oxygen atoms in total. The maximum absolute atomic E-state index is 13.2. The monoisotopic (exact) mass is 539 g/mol. The van der Waals surface area contributed by atoms with Crippen molar-refractivity contribution < 1.29 is 32.3 Å². The van der Waals surface area contributed by atoms with E-state index in [9.17, 15) is 27.6 Å². The fourth-order valence-electron chi connectivity index (χ4n) is 4.79. The summed E-state index contributed by atoms with van der Waals surface area (Å²) in [6.07, 6.45) is -4.51. The summed E-state index contributed by atoms with van der Waals surface area (Å²) in [5, 5.41) is 5.67. The summed E-state index contributed by atoms with van der Waals surface area (Å²) in [7, 11) is 0. The number of carbonyl (C=O) groups is 3. The van der Waals surface area contributed by atoms with Crippen LogP contribution in [0.2, 0.25) is 0 Å². The van der Waals surface area contributed by atoms with Crippen LogP contribution in [0.5, 0.6) is 0 Å². The fraction of sp³-hybridized carbons (Fsp3) is 0.577. The molecule has 210 valence electrons. The summed E-state index contributed by atoms with van der Waals surface area (Å²) < 4.78 is 44.7. The molecule has 2 aliphatic rings. The van der Waals surface area contributed by atoms with E-state index < -0.39 is 29.8 Å². The third-order valence-electron chi connectivity index (χ3n) is 6.58. The standard InChI is InChI=1S/C26H36F3N5O4/c1-6-33-20(15-32-12-13-34(17(5)14-32)24(36)30-16(3)4)21(23(35)38-7-2)22(31-25(33)37)18-8-10-19(11-9-18)26(27,28)29/h8-11,16-17,22H,6-7,12-15H2,1-5H3,(H,30,36)(H,31,37)/t17-,22+/m1/s1. The summed E-state index contributed by atoms with van der Waals surface area (Å²) in [6.45, 7) is 11.2. The van der Waals surface area contributed by atoms with Crippen LogP contribution in [0, 0.1) is 0 Å². The van der Waals surface area contributed by atoms with E-state index in [4.69, 9.17) is 4.74 Å². The summed E-state index contributed by atoms with van der Waals surface area (Å²) in [5.74, 6) is -0.645. The number of hydrogen-bond donors (Lipinski definition) is 2. The van der Waals surface area contributed by atoms with Crippen LogP contribution in [0.3, 0.4) is 0 Å². The Morgan fingerprint density at radius 3 is 2.34 bits per heavy atom. The predicted molar refractivity (Wildman–Crippen MR) is 135 cm³/mol. The lowest BCUT2D eigenvalue weighted by Crippen LogP contribution is -2.58. The molecule has 0 unspecified atom stereocenters. The van der Waals surface area contributed by atoms with Crippen LogP contribution >= 0.6 is 0 Å². The molecule has 0 aliphatic carbocycles. The number of hydrogen-bond acceptors (Lipinski definition) is 5. The van der Waals surface area contributed by atoms with Gasteiger partial charge in [0.25, 0.3) is 0 Å². The van der Waals surface area contributed by atoms with Crippen molar-refractivity contribution in [1.29, 1.82) is 0 Å². The molecule has 0 saturated carbocycles. The molecule has 0 radical (unpaired) electrons. The number of nitrogens with zero attached hydrogens (tertiary/aromatic N) is 3. The van der Waals surface area contributed by atoms with Crippen molar-refractivity contribution in [2.45, 2.75) is 58.9 Å². The second-order valence-corrected chi connectivity index (χ2v) is 9.71. The zero-order valence-corrected chi connectivity index (χ0v) is 22.4. The summed E-state index contributed by atoms with van der Waals surface area (Å²) in [5.41, 5.74) is 0.132. The lowest BCUT2D eigenvalue weighted by Gasteiger charge is -2.43. The van der Waals surface area contributed by atoms with Gasteiger partial charge in [0.05, 0.1) is 23.8 Å². The van der Waals surface area contributed by atoms with E-state index in [-0.39, 0.29) is 43.4 Å². The highest BCUT2D eigenvalue weighted by Crippen LogP contribution is 2.35. The molecule has 2 aliphatic heterocycles. The van der Waals surface area contributed by atoms with Crippen LogP contribution in [0.25, 0.3) is 0 Å². The Morgan fingerprint density at radius 2 is 1.82 bits per heavy atom. The van der Waals surface area contributed by atoms with Crippen LogP contribution in [0.1, 0.15) is 51.8 Å². The molecular weight excluding hydrogens is 503 g/mol. The van der Waals surface area contributed by atoms with Crippen molar-refractivity contribution in [1.82, 2.24) is 25.3 Å². The van der Waals surface area contributed by atoms with Gasteiger partial charge in [0, 0.05) is 50.5 Å². The molecule has 0 spiro atoms. The summed E-state index contributed by atoms with van der Waals surface area (Å²) in [6, 6.07) is 2.70. The van der Waals surface area contributed by atoms with Gasteiger partial charge in [-0.2, -0.15) is 13.2 Å². The molecule has 2 N–H and O–H groups in total. The Kier molecular flexibility index (Phi) is 9.29. The molecule has 1 aromatic carbocycles. The second-order valence-electron chi connectivity index (χ2n) is 9.71. The minimum absolute atomic E-state index is 0.00557. The van der Waals surface area contributed by atoms with E-state index in [1.165, 1.54) is 17.0 Å². The molecule has 2 heterocycles. The van der Waals surface area contributed by atoms with Crippen LogP contribution < -0.4 is 10.6 Å². The highest BCUT2D eigenvalue weighted by Gasteiger charge is 2.40. The van der Waals surface area contributed by atoms with E-state index in [1.54, 1.807) is 18.7 Å². The Hall–Kier alpha value is -3.28. The van der Waals surface area contributed by atoms with Crippen LogP contribution in [-0.2, 0) is 15.7 Å².